The Morgan fingerprint density at radius 2 is 1.39 bits per heavy atom. The van der Waals surface area contributed by atoms with Crippen molar-refractivity contribution in [1.82, 2.24) is 19.4 Å². The van der Waals surface area contributed by atoms with Crippen molar-refractivity contribution in [3.8, 4) is 28.3 Å². The minimum atomic E-state index is -0.623. The van der Waals surface area contributed by atoms with E-state index in [2.05, 4.69) is 10.3 Å². The Balaban J connectivity index is 1.75. The molecule has 5 rings (SSSR count). The number of hydrogen-bond donors (Lipinski definition) is 0. The number of carbonyl (C=O) groups is 2. The van der Waals surface area contributed by atoms with Crippen molar-refractivity contribution in [1.29, 1.82) is 0 Å². The first-order chi connectivity index (χ1) is 17.5. The average Bonchev–Trinajstić information content (AvgIpc) is 3.58. The third kappa shape index (κ3) is 3.74. The molecule has 0 radical (unpaired) electrons. The van der Waals surface area contributed by atoms with Crippen LogP contribution in [0.4, 0.5) is 14.0 Å². The van der Waals surface area contributed by atoms with Crippen LogP contribution in [0.3, 0.4) is 0 Å². The second kappa shape index (κ2) is 9.17. The summed E-state index contributed by atoms with van der Waals surface area (Å²) in [7, 11) is 1.53. The van der Waals surface area contributed by atoms with Crippen LogP contribution < -0.4 is 4.74 Å². The van der Waals surface area contributed by atoms with Gasteiger partial charge < -0.3 is 14.2 Å². The molecule has 0 saturated heterocycles. The van der Waals surface area contributed by atoms with E-state index in [4.69, 9.17) is 18.8 Å². The zero-order valence-corrected chi connectivity index (χ0v) is 19.6. The molecule has 0 amide bonds. The standard InChI is InChI=1S/C25H21FN4O6/c1-4-34-24(31)29-12-18(16-10-14(26)6-8-20(16)29)22-23(28-36-27-22)19-13-30(25(32)35-5-2)21-9-7-15(33-3)11-17(19)21/h6-13H,4-5H2,1-3H3. The molecular formula is C25H21FN4O6. The molecule has 0 fully saturated rings. The van der Waals surface area contributed by atoms with Gasteiger partial charge in [0.1, 0.15) is 23.0 Å². The molecule has 0 saturated carbocycles. The minimum absolute atomic E-state index is 0.168. The number of methoxy groups -OCH3 is 1. The predicted octanol–water partition coefficient (Wildman–Crippen LogP) is 5.47. The summed E-state index contributed by atoms with van der Waals surface area (Å²) in [6, 6.07) is 9.23. The van der Waals surface area contributed by atoms with Gasteiger partial charge in [0.15, 0.2) is 0 Å². The lowest BCUT2D eigenvalue weighted by Gasteiger charge is -2.04. The molecule has 0 spiro atoms. The van der Waals surface area contributed by atoms with Crippen molar-refractivity contribution >= 4 is 34.0 Å². The molecule has 0 unspecified atom stereocenters. The Hall–Kier alpha value is -4.67. The van der Waals surface area contributed by atoms with Crippen LogP contribution in [0.25, 0.3) is 44.3 Å². The molecule has 5 aromatic rings. The summed E-state index contributed by atoms with van der Waals surface area (Å²) in [4.78, 5) is 25.2. The van der Waals surface area contributed by atoms with Crippen LogP contribution in [-0.4, -0.2) is 52.0 Å². The van der Waals surface area contributed by atoms with E-state index in [9.17, 15) is 14.0 Å². The van der Waals surface area contributed by atoms with E-state index in [-0.39, 0.29) is 24.6 Å². The number of aromatic nitrogens is 4. The normalized spacial score (nSPS) is 11.2. The Labute approximate surface area is 203 Å². The van der Waals surface area contributed by atoms with Crippen molar-refractivity contribution in [3.05, 3.63) is 54.6 Å². The summed E-state index contributed by atoms with van der Waals surface area (Å²) in [6.45, 7) is 3.77. The highest BCUT2D eigenvalue weighted by molar-refractivity contribution is 6.06. The summed E-state index contributed by atoms with van der Waals surface area (Å²) in [5.41, 5.74) is 2.41. The fraction of sp³-hybridized carbons (Fsp3) is 0.200. The van der Waals surface area contributed by atoms with Crippen LogP contribution in [0.5, 0.6) is 5.75 Å². The summed E-state index contributed by atoms with van der Waals surface area (Å²) in [6.07, 6.45) is 1.87. The van der Waals surface area contributed by atoms with Gasteiger partial charge >= 0.3 is 12.2 Å². The fourth-order valence-corrected chi connectivity index (χ4v) is 4.15. The maximum Gasteiger partial charge on any atom is 0.418 e. The van der Waals surface area contributed by atoms with E-state index in [1.165, 1.54) is 40.6 Å². The number of carbonyl (C=O) groups excluding carboxylic acids is 2. The van der Waals surface area contributed by atoms with Crippen molar-refractivity contribution in [3.63, 3.8) is 0 Å². The lowest BCUT2D eigenvalue weighted by atomic mass is 10.0. The van der Waals surface area contributed by atoms with Gasteiger partial charge in [0.05, 0.1) is 31.4 Å². The average molecular weight is 492 g/mol. The number of nitrogens with zero attached hydrogens (tertiary/aromatic N) is 4. The number of hydrogen-bond acceptors (Lipinski definition) is 8. The summed E-state index contributed by atoms with van der Waals surface area (Å²) >= 11 is 0. The monoisotopic (exact) mass is 492 g/mol. The van der Waals surface area contributed by atoms with Gasteiger partial charge in [-0.3, -0.25) is 9.13 Å². The van der Waals surface area contributed by atoms with Crippen LogP contribution in [0.15, 0.2) is 53.4 Å². The smallest absolute Gasteiger partial charge is 0.418 e. The van der Waals surface area contributed by atoms with Crippen molar-refractivity contribution in [2.45, 2.75) is 13.8 Å². The predicted molar refractivity (Wildman–Crippen MR) is 128 cm³/mol. The first-order valence-corrected chi connectivity index (χ1v) is 11.1. The van der Waals surface area contributed by atoms with Crippen LogP contribution in [0.1, 0.15) is 13.8 Å². The molecule has 36 heavy (non-hydrogen) atoms. The van der Waals surface area contributed by atoms with Gasteiger partial charge in [0.25, 0.3) is 0 Å². The van der Waals surface area contributed by atoms with E-state index in [1.54, 1.807) is 38.2 Å². The number of halogens is 1. The third-order valence-corrected chi connectivity index (χ3v) is 5.71. The summed E-state index contributed by atoms with van der Waals surface area (Å²) in [5.74, 6) is 0.0661. The molecule has 0 aliphatic rings. The molecule has 0 aliphatic heterocycles. The highest BCUT2D eigenvalue weighted by Gasteiger charge is 2.26. The third-order valence-electron chi connectivity index (χ3n) is 5.71. The Morgan fingerprint density at radius 1 is 0.861 bits per heavy atom. The van der Waals surface area contributed by atoms with E-state index < -0.39 is 18.0 Å². The SMILES string of the molecule is CCOC(=O)n1cc(-c2nonc2-c2cn(C(=O)OCC)c3ccc(OC)cc23)c2cc(F)ccc21. The first-order valence-electron chi connectivity index (χ1n) is 11.1. The second-order valence-electron chi connectivity index (χ2n) is 7.73. The molecule has 10 nitrogen and oxygen atoms in total. The quantitative estimate of drug-likeness (QED) is 0.318. The summed E-state index contributed by atoms with van der Waals surface area (Å²) in [5, 5.41) is 9.20. The van der Waals surface area contributed by atoms with E-state index in [0.717, 1.165) is 0 Å². The van der Waals surface area contributed by atoms with Crippen LogP contribution in [0, 0.1) is 5.82 Å². The largest absolute Gasteiger partial charge is 0.497 e. The van der Waals surface area contributed by atoms with Gasteiger partial charge in [-0.05, 0) is 60.6 Å². The Bertz CT molecular complexity index is 1620. The molecule has 0 bridgehead atoms. The van der Waals surface area contributed by atoms with Crippen LogP contribution in [-0.2, 0) is 9.47 Å². The zero-order valence-electron chi connectivity index (χ0n) is 19.6. The maximum absolute atomic E-state index is 14.2. The minimum Gasteiger partial charge on any atom is -0.497 e. The van der Waals surface area contributed by atoms with Gasteiger partial charge in [-0.15, -0.1) is 0 Å². The molecule has 3 aromatic heterocycles. The van der Waals surface area contributed by atoms with Gasteiger partial charge in [-0.25, -0.2) is 18.6 Å². The van der Waals surface area contributed by atoms with Crippen molar-refractivity contribution in [2.24, 2.45) is 0 Å². The molecule has 3 heterocycles. The van der Waals surface area contributed by atoms with Gasteiger partial charge in [0.2, 0.25) is 0 Å². The molecule has 0 atom stereocenters. The molecule has 0 N–H and O–H groups in total. The van der Waals surface area contributed by atoms with Gasteiger partial charge in [-0.2, -0.15) is 0 Å². The highest BCUT2D eigenvalue weighted by atomic mass is 19.1. The lowest BCUT2D eigenvalue weighted by molar-refractivity contribution is 0.154. The molecular weight excluding hydrogens is 471 g/mol. The maximum atomic E-state index is 14.2. The van der Waals surface area contributed by atoms with Crippen molar-refractivity contribution < 1.29 is 32.8 Å². The first kappa shape index (κ1) is 23.1. The number of benzene rings is 2. The van der Waals surface area contributed by atoms with Crippen LogP contribution in [0.2, 0.25) is 0 Å². The number of ether oxygens (including phenoxy) is 3. The molecule has 184 valence electrons. The van der Waals surface area contributed by atoms with Gasteiger partial charge in [-0.1, -0.05) is 0 Å². The van der Waals surface area contributed by atoms with Crippen LogP contribution >= 0.6 is 0 Å². The Kier molecular flexibility index (Phi) is 5.88. The van der Waals surface area contributed by atoms with Crippen molar-refractivity contribution in [2.75, 3.05) is 20.3 Å². The van der Waals surface area contributed by atoms with E-state index >= 15 is 0 Å². The second-order valence-corrected chi connectivity index (χ2v) is 7.73. The number of fused-ring (bicyclic) bond motifs is 2. The van der Waals surface area contributed by atoms with E-state index in [1.807, 2.05) is 0 Å². The zero-order chi connectivity index (χ0) is 25.4. The Morgan fingerprint density at radius 3 is 1.92 bits per heavy atom. The number of rotatable bonds is 5. The summed E-state index contributed by atoms with van der Waals surface area (Å²) < 4.78 is 37.7. The van der Waals surface area contributed by atoms with E-state index in [0.29, 0.717) is 38.7 Å². The lowest BCUT2D eigenvalue weighted by Crippen LogP contribution is -2.12. The topological polar surface area (TPSA) is 111 Å². The molecule has 11 heteroatoms. The fourth-order valence-electron chi connectivity index (χ4n) is 4.15. The highest BCUT2D eigenvalue weighted by Crippen LogP contribution is 2.39. The van der Waals surface area contributed by atoms with Gasteiger partial charge in [0, 0.05) is 34.3 Å². The molecule has 2 aromatic carbocycles. The molecule has 0 aliphatic carbocycles.